The Kier molecular flexibility index (Phi) is 4.79. The molecule has 0 aliphatic carbocycles. The average Bonchev–Trinajstić information content (AvgIpc) is 3.25. The van der Waals surface area contributed by atoms with Crippen molar-refractivity contribution in [2.45, 2.75) is 25.4 Å². The first-order valence-corrected chi connectivity index (χ1v) is 9.98. The first-order chi connectivity index (χ1) is 14.1. The lowest BCUT2D eigenvalue weighted by molar-refractivity contribution is 0.0125. The quantitative estimate of drug-likeness (QED) is 0.630. The number of nitrogens with zero attached hydrogens (tertiary/aromatic N) is 4. The summed E-state index contributed by atoms with van der Waals surface area (Å²) in [5, 5.41) is 15.9. The Hall–Kier alpha value is -2.39. The zero-order chi connectivity index (χ0) is 20.0. The highest BCUT2D eigenvalue weighted by molar-refractivity contribution is 5.78. The molecule has 2 aromatic carbocycles. The minimum atomic E-state index is -0.581. The van der Waals surface area contributed by atoms with E-state index >= 15 is 0 Å². The van der Waals surface area contributed by atoms with Crippen LogP contribution in [-0.4, -0.2) is 45.9 Å². The summed E-state index contributed by atoms with van der Waals surface area (Å²) in [5.74, 6) is 0. The topological polar surface area (TPSA) is 66.9 Å². The van der Waals surface area contributed by atoms with E-state index in [0.717, 1.165) is 41.7 Å². The smallest absolute Gasteiger partial charge is 0.134 e. The van der Waals surface area contributed by atoms with Crippen LogP contribution in [0.2, 0.25) is 0 Å². The average molecular weight is 390 g/mol. The van der Waals surface area contributed by atoms with Crippen molar-refractivity contribution in [3.05, 3.63) is 77.0 Å². The minimum Gasteiger partial charge on any atom is -0.374 e. The maximum absolute atomic E-state index is 10.9. The fraction of sp³-hybridized carbons (Fsp3) is 0.318. The van der Waals surface area contributed by atoms with Crippen LogP contribution in [0.25, 0.3) is 10.9 Å². The lowest BCUT2D eigenvalue weighted by Crippen LogP contribution is -2.38. The predicted octanol–water partition coefficient (Wildman–Crippen LogP) is 2.08. The fourth-order valence-corrected chi connectivity index (χ4v) is 4.23. The van der Waals surface area contributed by atoms with E-state index in [-0.39, 0.29) is 6.17 Å². The Morgan fingerprint density at radius 2 is 1.72 bits per heavy atom. The second kappa shape index (κ2) is 7.46. The zero-order valence-corrected chi connectivity index (χ0v) is 16.7. The Balaban J connectivity index is 1.32. The van der Waals surface area contributed by atoms with Crippen molar-refractivity contribution in [1.29, 1.82) is 0 Å². The molecule has 0 amide bonds. The summed E-state index contributed by atoms with van der Waals surface area (Å²) in [6.45, 7) is 1.49. The van der Waals surface area contributed by atoms with Crippen molar-refractivity contribution in [3.63, 3.8) is 0 Å². The molecular weight excluding hydrogens is 364 g/mol. The van der Waals surface area contributed by atoms with Gasteiger partial charge in [-0.1, -0.05) is 42.5 Å². The second-order valence-electron chi connectivity index (χ2n) is 7.74. The van der Waals surface area contributed by atoms with Crippen LogP contribution < -0.4 is 10.9 Å². The van der Waals surface area contributed by atoms with E-state index in [0.29, 0.717) is 0 Å². The molecule has 7 heteroatoms. The number of hydrogen-bond donors (Lipinski definition) is 3. The normalized spacial score (nSPS) is 21.3. The summed E-state index contributed by atoms with van der Waals surface area (Å²) < 4.78 is 0. The maximum atomic E-state index is 10.9. The molecular formula is C22H26N6O. The number of aromatic nitrogens is 1. The lowest BCUT2D eigenvalue weighted by atomic mass is 10.0. The molecule has 3 heterocycles. The molecule has 0 spiro atoms. The number of rotatable bonds is 4. The number of nitrogens with one attached hydrogen (secondary N) is 2. The van der Waals surface area contributed by atoms with Crippen LogP contribution in [0.1, 0.15) is 34.8 Å². The number of benzene rings is 2. The van der Waals surface area contributed by atoms with Gasteiger partial charge in [-0.05, 0) is 23.3 Å². The van der Waals surface area contributed by atoms with Gasteiger partial charge in [-0.3, -0.25) is 9.88 Å². The van der Waals surface area contributed by atoms with Crippen molar-refractivity contribution in [1.82, 2.24) is 31.0 Å². The highest BCUT2D eigenvalue weighted by Crippen LogP contribution is 2.36. The third kappa shape index (κ3) is 3.42. The third-order valence-electron chi connectivity index (χ3n) is 5.94. The van der Waals surface area contributed by atoms with Gasteiger partial charge >= 0.3 is 0 Å². The maximum Gasteiger partial charge on any atom is 0.134 e. The Labute approximate surface area is 170 Å². The van der Waals surface area contributed by atoms with Crippen molar-refractivity contribution in [2.75, 3.05) is 20.6 Å². The molecule has 1 aromatic heterocycles. The summed E-state index contributed by atoms with van der Waals surface area (Å²) >= 11 is 0. The Morgan fingerprint density at radius 1 is 0.966 bits per heavy atom. The van der Waals surface area contributed by atoms with Crippen molar-refractivity contribution in [3.8, 4) is 0 Å². The SMILES string of the molecule is CN1NC(c2cccc3c2CN(CCc2ccc4ccccc4n2)C3O)NN1C. The summed E-state index contributed by atoms with van der Waals surface area (Å²) in [6, 6.07) is 18.5. The number of pyridine rings is 1. The number of fused-ring (bicyclic) bond motifs is 2. The van der Waals surface area contributed by atoms with Gasteiger partial charge in [0.05, 0.1) is 5.52 Å². The van der Waals surface area contributed by atoms with Gasteiger partial charge in [0.2, 0.25) is 0 Å². The van der Waals surface area contributed by atoms with Gasteiger partial charge in [0.25, 0.3) is 0 Å². The summed E-state index contributed by atoms with van der Waals surface area (Å²) in [4.78, 5) is 6.89. The molecule has 0 bridgehead atoms. The molecule has 1 atom stereocenters. The van der Waals surface area contributed by atoms with Crippen LogP contribution in [0.5, 0.6) is 0 Å². The van der Waals surface area contributed by atoms with Crippen LogP contribution in [-0.2, 0) is 13.0 Å². The van der Waals surface area contributed by atoms with E-state index in [1.807, 2.05) is 54.7 Å². The molecule has 3 N–H and O–H groups in total. The number of hydrazine groups is 3. The summed E-state index contributed by atoms with van der Waals surface area (Å²) in [6.07, 6.45) is 0.216. The molecule has 0 saturated carbocycles. The van der Waals surface area contributed by atoms with Crippen LogP contribution in [0, 0.1) is 0 Å². The van der Waals surface area contributed by atoms with Crippen molar-refractivity contribution in [2.24, 2.45) is 0 Å². The van der Waals surface area contributed by atoms with Gasteiger partial charge in [-0.15, -0.1) is 0 Å². The highest BCUT2D eigenvalue weighted by Gasteiger charge is 2.34. The first-order valence-electron chi connectivity index (χ1n) is 9.98. The number of aliphatic hydroxyl groups excluding tert-OH is 1. The molecule has 2 aliphatic rings. The summed E-state index contributed by atoms with van der Waals surface area (Å²) in [7, 11) is 3.93. The van der Waals surface area contributed by atoms with Gasteiger partial charge in [-0.2, -0.15) is 10.2 Å². The van der Waals surface area contributed by atoms with Crippen LogP contribution in [0.3, 0.4) is 0 Å². The van der Waals surface area contributed by atoms with Gasteiger partial charge in [0, 0.05) is 50.2 Å². The van der Waals surface area contributed by atoms with E-state index in [4.69, 9.17) is 4.98 Å². The lowest BCUT2D eigenvalue weighted by Gasteiger charge is -2.20. The summed E-state index contributed by atoms with van der Waals surface area (Å²) in [5.41, 5.74) is 12.2. The van der Waals surface area contributed by atoms with Crippen LogP contribution >= 0.6 is 0 Å². The van der Waals surface area contributed by atoms with Crippen LogP contribution in [0.15, 0.2) is 54.6 Å². The van der Waals surface area contributed by atoms with Gasteiger partial charge < -0.3 is 5.11 Å². The van der Waals surface area contributed by atoms with Gasteiger partial charge in [-0.25, -0.2) is 10.9 Å². The molecule has 150 valence electrons. The van der Waals surface area contributed by atoms with Gasteiger partial charge in [0.15, 0.2) is 0 Å². The van der Waals surface area contributed by atoms with E-state index in [9.17, 15) is 5.11 Å². The predicted molar refractivity (Wildman–Crippen MR) is 112 cm³/mol. The standard InChI is InChI=1S/C22H26N6O/c1-26-24-21(25-27(26)2)17-7-5-8-18-19(17)14-28(22(18)29)13-12-16-11-10-15-6-3-4-9-20(15)23-16/h3-11,21-22,24-25,29H,12-14H2,1-2H3. The first kappa shape index (κ1) is 18.6. The van der Waals surface area contributed by atoms with E-state index in [1.165, 1.54) is 11.1 Å². The van der Waals surface area contributed by atoms with Crippen molar-refractivity contribution >= 4 is 10.9 Å². The van der Waals surface area contributed by atoms with E-state index in [1.54, 1.807) is 0 Å². The number of hydrogen-bond acceptors (Lipinski definition) is 7. The third-order valence-corrected chi connectivity index (χ3v) is 5.94. The largest absolute Gasteiger partial charge is 0.374 e. The van der Waals surface area contributed by atoms with Crippen LogP contribution in [0.4, 0.5) is 0 Å². The Morgan fingerprint density at radius 3 is 2.55 bits per heavy atom. The molecule has 3 aromatic rings. The number of para-hydroxylation sites is 1. The molecule has 29 heavy (non-hydrogen) atoms. The van der Waals surface area contributed by atoms with E-state index < -0.39 is 6.23 Å². The molecule has 0 radical (unpaired) electrons. The van der Waals surface area contributed by atoms with Crippen molar-refractivity contribution < 1.29 is 5.11 Å². The number of aliphatic hydroxyl groups is 1. The molecule has 2 aliphatic heterocycles. The van der Waals surface area contributed by atoms with E-state index in [2.05, 4.69) is 40.0 Å². The molecule has 1 unspecified atom stereocenters. The zero-order valence-electron chi connectivity index (χ0n) is 16.7. The molecule has 1 saturated heterocycles. The van der Waals surface area contributed by atoms with Gasteiger partial charge in [0.1, 0.15) is 12.4 Å². The highest BCUT2D eigenvalue weighted by atomic mass is 16.3. The molecule has 5 rings (SSSR count). The minimum absolute atomic E-state index is 0.00532. The monoisotopic (exact) mass is 390 g/mol. The molecule has 7 nitrogen and oxygen atoms in total. The molecule has 1 fully saturated rings. The fourth-order valence-electron chi connectivity index (χ4n) is 4.23. The Bertz CT molecular complexity index is 1030. The second-order valence-corrected chi connectivity index (χ2v) is 7.74.